The first-order valence-corrected chi connectivity index (χ1v) is 6.74. The number of rotatable bonds is 5. The number of carbonyl (C=O) groups is 1. The molecule has 17 heavy (non-hydrogen) atoms. The zero-order valence-corrected chi connectivity index (χ0v) is 11.8. The van der Waals surface area contributed by atoms with Crippen LogP contribution in [0.15, 0.2) is 6.07 Å². The second-order valence-corrected chi connectivity index (χ2v) is 6.21. The highest BCUT2D eigenvalue weighted by atomic mass is 32.1. The van der Waals surface area contributed by atoms with E-state index in [4.69, 9.17) is 10.5 Å². The van der Waals surface area contributed by atoms with Crippen LogP contribution in [0.1, 0.15) is 41.7 Å². The molecular weight excluding hydrogens is 234 g/mol. The number of aryl methyl sites for hydroxylation is 1. The predicted molar refractivity (Wildman–Crippen MR) is 72.4 cm³/mol. The first-order valence-electron chi connectivity index (χ1n) is 5.93. The van der Waals surface area contributed by atoms with Crippen LogP contribution >= 0.6 is 11.3 Å². The molecule has 0 amide bonds. The average molecular weight is 255 g/mol. The summed E-state index contributed by atoms with van der Waals surface area (Å²) in [6, 6.07) is 1.69. The van der Waals surface area contributed by atoms with Crippen LogP contribution in [0.3, 0.4) is 0 Å². The van der Waals surface area contributed by atoms with Gasteiger partial charge in [0, 0.05) is 10.6 Å². The number of nitrogens with two attached hydrogens (primary N) is 1. The maximum absolute atomic E-state index is 11.7. The van der Waals surface area contributed by atoms with Gasteiger partial charge in [-0.15, -0.1) is 11.3 Å². The quantitative estimate of drug-likeness (QED) is 0.819. The Balaban J connectivity index is 2.45. The van der Waals surface area contributed by atoms with Crippen LogP contribution in [0.2, 0.25) is 0 Å². The van der Waals surface area contributed by atoms with Crippen molar-refractivity contribution in [2.45, 2.75) is 34.1 Å². The number of hydrogen-bond acceptors (Lipinski definition) is 4. The highest BCUT2D eigenvalue weighted by Gasteiger charge is 2.14. The van der Waals surface area contributed by atoms with Crippen molar-refractivity contribution in [1.29, 1.82) is 0 Å². The minimum Gasteiger partial charge on any atom is -0.461 e. The van der Waals surface area contributed by atoms with Crippen molar-refractivity contribution in [3.05, 3.63) is 15.8 Å². The molecule has 1 heterocycles. The average Bonchev–Trinajstić information content (AvgIpc) is 2.55. The summed E-state index contributed by atoms with van der Waals surface area (Å²) in [5, 5.41) is 0. The van der Waals surface area contributed by atoms with Gasteiger partial charge in [-0.25, -0.2) is 4.79 Å². The minimum absolute atomic E-state index is 0.259. The van der Waals surface area contributed by atoms with E-state index in [0.29, 0.717) is 29.0 Å². The first kappa shape index (κ1) is 14.0. The van der Waals surface area contributed by atoms with E-state index in [1.807, 2.05) is 6.92 Å². The molecule has 1 aromatic heterocycles. The molecule has 0 radical (unpaired) electrons. The number of nitrogen functional groups attached to an aromatic ring is 1. The minimum atomic E-state index is -0.259. The van der Waals surface area contributed by atoms with Crippen LogP contribution in [0.4, 0.5) is 5.69 Å². The Kier molecular flexibility index (Phi) is 5.00. The Morgan fingerprint density at radius 1 is 1.47 bits per heavy atom. The molecule has 0 spiro atoms. The van der Waals surface area contributed by atoms with Crippen LogP contribution < -0.4 is 5.73 Å². The van der Waals surface area contributed by atoms with E-state index in [9.17, 15) is 4.79 Å². The molecule has 2 N–H and O–H groups in total. The summed E-state index contributed by atoms with van der Waals surface area (Å²) >= 11 is 1.39. The lowest BCUT2D eigenvalue weighted by atomic mass is 10.00. The molecule has 4 heteroatoms. The molecular formula is C13H21NO2S. The van der Waals surface area contributed by atoms with E-state index in [1.165, 1.54) is 11.3 Å². The Hall–Kier alpha value is -1.03. The van der Waals surface area contributed by atoms with Crippen LogP contribution in [-0.4, -0.2) is 12.6 Å². The highest BCUT2D eigenvalue weighted by molar-refractivity contribution is 7.14. The summed E-state index contributed by atoms with van der Waals surface area (Å²) in [4.78, 5) is 13.3. The zero-order chi connectivity index (χ0) is 13.0. The van der Waals surface area contributed by atoms with Gasteiger partial charge < -0.3 is 10.5 Å². The third kappa shape index (κ3) is 4.38. The van der Waals surface area contributed by atoms with E-state index in [-0.39, 0.29) is 5.97 Å². The van der Waals surface area contributed by atoms with Gasteiger partial charge in [0.2, 0.25) is 0 Å². The summed E-state index contributed by atoms with van der Waals surface area (Å²) in [7, 11) is 0. The number of ether oxygens (including phenoxy) is 1. The van der Waals surface area contributed by atoms with Gasteiger partial charge >= 0.3 is 5.97 Å². The largest absolute Gasteiger partial charge is 0.461 e. The Labute approximate surface area is 107 Å². The van der Waals surface area contributed by atoms with Crippen molar-refractivity contribution < 1.29 is 9.53 Å². The normalized spacial score (nSPS) is 12.8. The molecule has 0 aliphatic carbocycles. The number of thiophene rings is 1. The summed E-state index contributed by atoms with van der Waals surface area (Å²) in [6.07, 6.45) is 1.07. The van der Waals surface area contributed by atoms with Gasteiger partial charge in [0.05, 0.1) is 6.61 Å². The predicted octanol–water partition coefficient (Wildman–Crippen LogP) is 3.48. The van der Waals surface area contributed by atoms with Gasteiger partial charge in [0.1, 0.15) is 4.88 Å². The fourth-order valence-corrected chi connectivity index (χ4v) is 2.59. The fraction of sp³-hybridized carbons (Fsp3) is 0.615. The van der Waals surface area contributed by atoms with Crippen molar-refractivity contribution in [2.24, 2.45) is 11.8 Å². The van der Waals surface area contributed by atoms with E-state index < -0.39 is 0 Å². The summed E-state index contributed by atoms with van der Waals surface area (Å²) in [5.74, 6) is 0.770. The van der Waals surface area contributed by atoms with Crippen molar-refractivity contribution in [1.82, 2.24) is 0 Å². The zero-order valence-electron chi connectivity index (χ0n) is 10.9. The third-order valence-corrected chi connectivity index (χ3v) is 3.58. The molecule has 1 rings (SSSR count). The van der Waals surface area contributed by atoms with E-state index in [2.05, 4.69) is 20.8 Å². The topological polar surface area (TPSA) is 52.3 Å². The lowest BCUT2D eigenvalue weighted by Crippen LogP contribution is -2.12. The number of anilines is 1. The van der Waals surface area contributed by atoms with Crippen LogP contribution in [0.25, 0.3) is 0 Å². The molecule has 0 aromatic carbocycles. The molecule has 1 unspecified atom stereocenters. The Bertz CT molecular complexity index is 365. The second kappa shape index (κ2) is 6.05. The van der Waals surface area contributed by atoms with Gasteiger partial charge in [-0.05, 0) is 31.2 Å². The van der Waals surface area contributed by atoms with Gasteiger partial charge in [-0.2, -0.15) is 0 Å². The Morgan fingerprint density at radius 2 is 2.12 bits per heavy atom. The number of esters is 1. The summed E-state index contributed by atoms with van der Waals surface area (Å²) < 4.78 is 5.28. The van der Waals surface area contributed by atoms with E-state index in [1.54, 1.807) is 6.07 Å². The van der Waals surface area contributed by atoms with Crippen LogP contribution in [0, 0.1) is 18.8 Å². The van der Waals surface area contributed by atoms with Gasteiger partial charge in [-0.1, -0.05) is 20.8 Å². The van der Waals surface area contributed by atoms with Gasteiger partial charge in [0.15, 0.2) is 0 Å². The molecule has 3 nitrogen and oxygen atoms in total. The van der Waals surface area contributed by atoms with E-state index in [0.717, 1.165) is 11.3 Å². The number of carbonyl (C=O) groups excluding carboxylic acids is 1. The third-order valence-electron chi connectivity index (χ3n) is 2.53. The lowest BCUT2D eigenvalue weighted by molar-refractivity contribution is 0.0442. The fourth-order valence-electron chi connectivity index (χ4n) is 1.76. The molecule has 0 fully saturated rings. The monoisotopic (exact) mass is 255 g/mol. The van der Waals surface area contributed by atoms with E-state index >= 15 is 0 Å². The van der Waals surface area contributed by atoms with Crippen LogP contribution in [0.5, 0.6) is 0 Å². The smallest absolute Gasteiger partial charge is 0.348 e. The summed E-state index contributed by atoms with van der Waals surface area (Å²) in [6.45, 7) is 8.82. The standard InChI is InChI=1S/C13H21NO2S/c1-8(2)5-9(3)7-16-13(15)12-6-11(14)10(4)17-12/h6,8-9H,5,7,14H2,1-4H3. The Morgan fingerprint density at radius 3 is 2.59 bits per heavy atom. The molecule has 0 aliphatic rings. The second-order valence-electron chi connectivity index (χ2n) is 4.96. The molecule has 1 atom stereocenters. The van der Waals surface area contributed by atoms with Gasteiger partial charge in [0.25, 0.3) is 0 Å². The van der Waals surface area contributed by atoms with Crippen molar-refractivity contribution in [3.8, 4) is 0 Å². The molecule has 1 aromatic rings. The van der Waals surface area contributed by atoms with Crippen LogP contribution in [-0.2, 0) is 4.74 Å². The first-order chi connectivity index (χ1) is 7.90. The summed E-state index contributed by atoms with van der Waals surface area (Å²) in [5.41, 5.74) is 6.37. The maximum Gasteiger partial charge on any atom is 0.348 e. The molecule has 0 aliphatic heterocycles. The molecule has 0 saturated heterocycles. The van der Waals surface area contributed by atoms with Crippen molar-refractivity contribution >= 4 is 23.0 Å². The number of hydrogen-bond donors (Lipinski definition) is 1. The molecule has 0 bridgehead atoms. The lowest BCUT2D eigenvalue weighted by Gasteiger charge is -2.13. The molecule has 96 valence electrons. The SMILES string of the molecule is Cc1sc(C(=O)OCC(C)CC(C)C)cc1N. The van der Waals surface area contributed by atoms with Crippen molar-refractivity contribution in [2.75, 3.05) is 12.3 Å². The molecule has 0 saturated carbocycles. The van der Waals surface area contributed by atoms with Crippen molar-refractivity contribution in [3.63, 3.8) is 0 Å². The van der Waals surface area contributed by atoms with Gasteiger partial charge in [-0.3, -0.25) is 0 Å². The maximum atomic E-state index is 11.7. The highest BCUT2D eigenvalue weighted by Crippen LogP contribution is 2.24.